The summed E-state index contributed by atoms with van der Waals surface area (Å²) in [4.78, 5) is 50.6. The van der Waals surface area contributed by atoms with Gasteiger partial charge in [0.15, 0.2) is 0 Å². The molecule has 0 N–H and O–H groups in total. The van der Waals surface area contributed by atoms with Gasteiger partial charge in [0.25, 0.3) is 5.91 Å². The van der Waals surface area contributed by atoms with Gasteiger partial charge in [-0.1, -0.05) is 30.3 Å². The number of hydrogen-bond donors (Lipinski definition) is 0. The topological polar surface area (TPSA) is 83.1 Å². The number of aromatic nitrogens is 1. The Hall–Kier alpha value is -4.20. The number of fused-ring (bicyclic) bond motifs is 6. The van der Waals surface area contributed by atoms with E-state index in [9.17, 15) is 14.4 Å². The molecule has 3 aliphatic heterocycles. The van der Waals surface area contributed by atoms with Crippen molar-refractivity contribution in [1.29, 1.82) is 0 Å². The molecule has 8 heteroatoms. The number of carbonyl (C=O) groups is 3. The molecule has 1 aromatic heterocycles. The predicted molar refractivity (Wildman–Crippen MR) is 137 cm³/mol. The molecule has 8 nitrogen and oxygen atoms in total. The van der Waals surface area contributed by atoms with E-state index < -0.39 is 11.5 Å². The summed E-state index contributed by atoms with van der Waals surface area (Å²) in [5.41, 5.74) is 1.93. The molecule has 1 saturated heterocycles. The van der Waals surface area contributed by atoms with Gasteiger partial charge in [-0.05, 0) is 54.3 Å². The first-order valence-electron chi connectivity index (χ1n) is 12.6. The normalized spacial score (nSPS) is 23.3. The van der Waals surface area contributed by atoms with Gasteiger partial charge < -0.3 is 19.4 Å². The Kier molecular flexibility index (Phi) is 5.67. The van der Waals surface area contributed by atoms with Crippen LogP contribution in [0.3, 0.4) is 0 Å². The minimum atomic E-state index is -1.01. The molecule has 4 bridgehead atoms. The van der Waals surface area contributed by atoms with Crippen molar-refractivity contribution in [2.24, 2.45) is 0 Å². The number of para-hydroxylation sites is 1. The summed E-state index contributed by atoms with van der Waals surface area (Å²) >= 11 is 0. The molecule has 0 aliphatic carbocycles. The molecular formula is C29H28N4O4. The maximum atomic E-state index is 14.5. The Labute approximate surface area is 215 Å². The average Bonchev–Trinajstić information content (AvgIpc) is 3.44. The van der Waals surface area contributed by atoms with E-state index in [2.05, 4.69) is 4.98 Å². The number of pyridine rings is 1. The smallest absolute Gasteiger partial charge is 0.254 e. The summed E-state index contributed by atoms with van der Waals surface area (Å²) in [5, 5.41) is 0. The third-order valence-corrected chi connectivity index (χ3v) is 7.82. The van der Waals surface area contributed by atoms with Gasteiger partial charge >= 0.3 is 0 Å². The largest absolute Gasteiger partial charge is 0.494 e. The van der Waals surface area contributed by atoms with Crippen LogP contribution >= 0.6 is 0 Å². The van der Waals surface area contributed by atoms with Crippen LogP contribution in [0.15, 0.2) is 73.1 Å². The highest BCUT2D eigenvalue weighted by Crippen LogP contribution is 2.57. The van der Waals surface area contributed by atoms with E-state index >= 15 is 0 Å². The molecule has 3 amide bonds. The van der Waals surface area contributed by atoms with Crippen molar-refractivity contribution in [3.8, 4) is 5.75 Å². The third kappa shape index (κ3) is 3.66. The third-order valence-electron chi connectivity index (χ3n) is 7.82. The molecule has 0 radical (unpaired) electrons. The molecule has 0 saturated carbocycles. The SMILES string of the molecule is CN1CCCOc2cccc(c2)[C@@H]2N(C(=O)c3ccncc3)CC[C@]23C(=O)N(CC1=O)c1ccccc13. The van der Waals surface area contributed by atoms with Crippen LogP contribution in [0.4, 0.5) is 5.69 Å². The molecule has 3 aliphatic rings. The van der Waals surface area contributed by atoms with Gasteiger partial charge in [0.1, 0.15) is 17.7 Å². The Morgan fingerprint density at radius 3 is 2.68 bits per heavy atom. The van der Waals surface area contributed by atoms with E-state index in [0.29, 0.717) is 43.9 Å². The zero-order chi connectivity index (χ0) is 25.6. The summed E-state index contributed by atoms with van der Waals surface area (Å²) in [7, 11) is 1.75. The number of amides is 3. The zero-order valence-corrected chi connectivity index (χ0v) is 20.7. The number of anilines is 1. The number of hydrogen-bond acceptors (Lipinski definition) is 5. The molecular weight excluding hydrogens is 468 g/mol. The summed E-state index contributed by atoms with van der Waals surface area (Å²) in [5.74, 6) is 0.248. The van der Waals surface area contributed by atoms with Crippen molar-refractivity contribution in [2.45, 2.75) is 24.3 Å². The Morgan fingerprint density at radius 1 is 1.03 bits per heavy atom. The van der Waals surface area contributed by atoms with Gasteiger partial charge in [0, 0.05) is 43.8 Å². The van der Waals surface area contributed by atoms with Crippen LogP contribution in [-0.4, -0.2) is 65.8 Å². The van der Waals surface area contributed by atoms with E-state index in [1.807, 2.05) is 48.5 Å². The quantitative estimate of drug-likeness (QED) is 0.517. The highest BCUT2D eigenvalue weighted by Gasteiger charge is 2.61. The van der Waals surface area contributed by atoms with Crippen LogP contribution in [0.1, 0.15) is 40.4 Å². The van der Waals surface area contributed by atoms with Gasteiger partial charge in [-0.2, -0.15) is 0 Å². The number of rotatable bonds is 1. The predicted octanol–water partition coefficient (Wildman–Crippen LogP) is 3.19. The van der Waals surface area contributed by atoms with Crippen molar-refractivity contribution in [3.63, 3.8) is 0 Å². The van der Waals surface area contributed by atoms with Gasteiger partial charge in [0.2, 0.25) is 11.8 Å². The second-order valence-electron chi connectivity index (χ2n) is 9.86. The molecule has 2 aromatic carbocycles. The van der Waals surface area contributed by atoms with Gasteiger partial charge in [0.05, 0.1) is 12.6 Å². The lowest BCUT2D eigenvalue weighted by molar-refractivity contribution is -0.131. The molecule has 37 heavy (non-hydrogen) atoms. The molecule has 188 valence electrons. The Bertz CT molecular complexity index is 1380. The van der Waals surface area contributed by atoms with E-state index in [1.54, 1.807) is 46.3 Å². The van der Waals surface area contributed by atoms with Crippen LogP contribution in [-0.2, 0) is 15.0 Å². The summed E-state index contributed by atoms with van der Waals surface area (Å²) < 4.78 is 6.03. The lowest BCUT2D eigenvalue weighted by Crippen LogP contribution is -2.48. The molecule has 1 fully saturated rings. The van der Waals surface area contributed by atoms with E-state index in [4.69, 9.17) is 4.74 Å². The summed E-state index contributed by atoms with van der Waals surface area (Å²) in [6, 6.07) is 18.2. The molecule has 4 heterocycles. The van der Waals surface area contributed by atoms with Crippen LogP contribution < -0.4 is 9.64 Å². The highest BCUT2D eigenvalue weighted by molar-refractivity contribution is 6.12. The number of ether oxygens (including phenoxy) is 1. The highest BCUT2D eigenvalue weighted by atomic mass is 16.5. The monoisotopic (exact) mass is 496 g/mol. The van der Waals surface area contributed by atoms with Crippen molar-refractivity contribution in [1.82, 2.24) is 14.8 Å². The zero-order valence-electron chi connectivity index (χ0n) is 20.7. The Balaban J connectivity index is 1.55. The summed E-state index contributed by atoms with van der Waals surface area (Å²) in [6.07, 6.45) is 4.31. The lowest BCUT2D eigenvalue weighted by atomic mass is 9.72. The number of carbonyl (C=O) groups excluding carboxylic acids is 3. The minimum Gasteiger partial charge on any atom is -0.494 e. The minimum absolute atomic E-state index is 0.0417. The molecule has 0 unspecified atom stereocenters. The molecule has 1 spiro atoms. The molecule has 6 rings (SSSR count). The maximum absolute atomic E-state index is 14.5. The first-order chi connectivity index (χ1) is 18.0. The first kappa shape index (κ1) is 23.2. The number of benzene rings is 2. The number of likely N-dealkylation sites (N-methyl/N-ethyl adjacent to an activating group) is 1. The number of likely N-dealkylation sites (tertiary alicyclic amines) is 1. The fourth-order valence-electron chi connectivity index (χ4n) is 6.03. The van der Waals surface area contributed by atoms with Crippen molar-refractivity contribution >= 4 is 23.4 Å². The number of nitrogens with zero attached hydrogens (tertiary/aromatic N) is 4. The van der Waals surface area contributed by atoms with Gasteiger partial charge in [-0.3, -0.25) is 19.4 Å². The van der Waals surface area contributed by atoms with Gasteiger partial charge in [-0.15, -0.1) is 0 Å². The van der Waals surface area contributed by atoms with Crippen LogP contribution in [0.25, 0.3) is 0 Å². The van der Waals surface area contributed by atoms with E-state index in [0.717, 1.165) is 16.8 Å². The van der Waals surface area contributed by atoms with Crippen molar-refractivity contribution < 1.29 is 19.1 Å². The van der Waals surface area contributed by atoms with E-state index in [-0.39, 0.29) is 24.3 Å². The fraction of sp³-hybridized carbons (Fsp3) is 0.310. The van der Waals surface area contributed by atoms with Crippen LogP contribution in [0.5, 0.6) is 5.75 Å². The van der Waals surface area contributed by atoms with Crippen molar-refractivity contribution in [3.05, 3.63) is 89.7 Å². The fourth-order valence-corrected chi connectivity index (χ4v) is 6.03. The van der Waals surface area contributed by atoms with Crippen LogP contribution in [0.2, 0.25) is 0 Å². The Morgan fingerprint density at radius 2 is 1.84 bits per heavy atom. The van der Waals surface area contributed by atoms with Crippen molar-refractivity contribution in [2.75, 3.05) is 38.2 Å². The molecule has 3 aromatic rings. The second kappa shape index (κ2) is 9.03. The lowest BCUT2D eigenvalue weighted by Gasteiger charge is -2.35. The van der Waals surface area contributed by atoms with Crippen LogP contribution in [0, 0.1) is 0 Å². The van der Waals surface area contributed by atoms with Gasteiger partial charge in [-0.25, -0.2) is 0 Å². The van der Waals surface area contributed by atoms with E-state index in [1.165, 1.54) is 0 Å². The molecule has 2 atom stereocenters. The second-order valence-corrected chi connectivity index (χ2v) is 9.86. The first-order valence-corrected chi connectivity index (χ1v) is 12.6. The summed E-state index contributed by atoms with van der Waals surface area (Å²) in [6.45, 7) is 1.35. The standard InChI is InChI=1S/C29H28N4O4/c1-31-15-5-17-37-22-7-4-6-21(18-22)26-29(12-16-32(26)27(35)20-10-13-30-14-11-20)23-8-2-3-9-24(23)33(28(29)36)19-25(31)34/h2-4,6-11,13-14,18,26H,5,12,15-17,19H2,1H3/t26-,29+/m0/s1. The maximum Gasteiger partial charge on any atom is 0.254 e. The average molecular weight is 497 g/mol.